The summed E-state index contributed by atoms with van der Waals surface area (Å²) in [6, 6.07) is 7.27. The predicted octanol–water partition coefficient (Wildman–Crippen LogP) is 3.59. The quantitative estimate of drug-likeness (QED) is 0.189. The number of hydrogen-bond donors (Lipinski definition) is 3. The van der Waals surface area contributed by atoms with Crippen molar-refractivity contribution < 1.29 is 27.6 Å². The summed E-state index contributed by atoms with van der Waals surface area (Å²) in [6.45, 7) is 4.87. The molecule has 0 saturated carbocycles. The van der Waals surface area contributed by atoms with Gasteiger partial charge in [0.05, 0.1) is 12.8 Å². The summed E-state index contributed by atoms with van der Waals surface area (Å²) in [5.41, 5.74) is 1.63. The van der Waals surface area contributed by atoms with Crippen LogP contribution in [0.4, 0.5) is 17.1 Å². The maximum absolute atomic E-state index is 12.8. The average molecular weight is 458 g/mol. The molecule has 0 fully saturated rings. The van der Waals surface area contributed by atoms with E-state index in [4.69, 9.17) is 12.7 Å². The predicted molar refractivity (Wildman–Crippen MR) is 121 cm³/mol. The number of hydrogen-bond acceptors (Lipinski definition) is 8. The van der Waals surface area contributed by atoms with Gasteiger partial charge in [0.2, 0.25) is 7.98 Å². The SMILES string of the molecule is [B]N(C)c1ccc(S(=O)(=O)O)c(N=N/C(C(=O)Nc2c(C)cc(C)cc2OC)=C(\C)O)c1. The first kappa shape index (κ1) is 24.9. The molecule has 12 heteroatoms. The van der Waals surface area contributed by atoms with Gasteiger partial charge in [0, 0.05) is 5.69 Å². The summed E-state index contributed by atoms with van der Waals surface area (Å²) < 4.78 is 38.1. The van der Waals surface area contributed by atoms with Crippen LogP contribution in [-0.2, 0) is 14.9 Å². The zero-order valence-corrected chi connectivity index (χ0v) is 19.1. The Morgan fingerprint density at radius 1 is 1.22 bits per heavy atom. The van der Waals surface area contributed by atoms with Gasteiger partial charge in [-0.2, -0.15) is 8.42 Å². The third-order valence-corrected chi connectivity index (χ3v) is 5.25. The molecule has 2 aromatic carbocycles. The van der Waals surface area contributed by atoms with Crippen LogP contribution in [0, 0.1) is 13.8 Å². The number of allylic oxidation sites excluding steroid dienone is 1. The first-order valence-corrected chi connectivity index (χ1v) is 10.7. The van der Waals surface area contributed by atoms with Crippen molar-refractivity contribution in [3.8, 4) is 5.75 Å². The molecule has 0 heterocycles. The summed E-state index contributed by atoms with van der Waals surface area (Å²) in [5.74, 6) is -0.856. The summed E-state index contributed by atoms with van der Waals surface area (Å²) in [4.78, 5) is 13.5. The van der Waals surface area contributed by atoms with Crippen molar-refractivity contribution in [1.29, 1.82) is 0 Å². The number of nitrogens with one attached hydrogen (secondary N) is 1. The van der Waals surface area contributed by atoms with Crippen LogP contribution in [0.25, 0.3) is 0 Å². The molecule has 2 rings (SSSR count). The van der Waals surface area contributed by atoms with Crippen LogP contribution >= 0.6 is 0 Å². The van der Waals surface area contributed by atoms with Crippen molar-refractivity contribution in [2.24, 2.45) is 10.2 Å². The highest BCUT2D eigenvalue weighted by Gasteiger charge is 2.20. The number of carbonyl (C=O) groups excluding carboxylic acids is 1. The fourth-order valence-electron chi connectivity index (χ4n) is 2.83. The van der Waals surface area contributed by atoms with Gasteiger partial charge < -0.3 is 20.0 Å². The first-order chi connectivity index (χ1) is 14.8. The zero-order valence-electron chi connectivity index (χ0n) is 18.2. The molecule has 2 aromatic rings. The van der Waals surface area contributed by atoms with E-state index in [2.05, 4.69) is 15.5 Å². The highest BCUT2D eigenvalue weighted by molar-refractivity contribution is 7.86. The van der Waals surface area contributed by atoms with Gasteiger partial charge in [-0.25, -0.2) is 0 Å². The van der Waals surface area contributed by atoms with Gasteiger partial charge in [0.15, 0.2) is 5.70 Å². The van der Waals surface area contributed by atoms with Crippen molar-refractivity contribution >= 4 is 41.1 Å². The van der Waals surface area contributed by atoms with E-state index in [0.29, 0.717) is 17.1 Å². The molecule has 0 spiro atoms. The Morgan fingerprint density at radius 3 is 2.41 bits per heavy atom. The van der Waals surface area contributed by atoms with Crippen molar-refractivity contribution in [3.63, 3.8) is 0 Å². The Bertz CT molecular complexity index is 1200. The summed E-state index contributed by atoms with van der Waals surface area (Å²) in [7, 11) is 3.98. The van der Waals surface area contributed by atoms with E-state index < -0.39 is 32.4 Å². The Balaban J connectivity index is 2.48. The molecule has 0 unspecified atom stereocenters. The van der Waals surface area contributed by atoms with Gasteiger partial charge in [-0.3, -0.25) is 9.35 Å². The second kappa shape index (κ2) is 9.83. The number of amides is 1. The zero-order chi connectivity index (χ0) is 24.2. The van der Waals surface area contributed by atoms with Gasteiger partial charge >= 0.3 is 0 Å². The lowest BCUT2D eigenvalue weighted by molar-refractivity contribution is -0.113. The van der Waals surface area contributed by atoms with Crippen LogP contribution in [0.1, 0.15) is 18.1 Å². The third-order valence-electron chi connectivity index (χ3n) is 4.35. The maximum atomic E-state index is 12.8. The van der Waals surface area contributed by atoms with Crippen molar-refractivity contribution in [2.75, 3.05) is 24.3 Å². The van der Waals surface area contributed by atoms with Crippen LogP contribution in [-0.4, -0.2) is 46.1 Å². The Kier molecular flexibility index (Phi) is 7.65. The fourth-order valence-corrected chi connectivity index (χ4v) is 3.43. The van der Waals surface area contributed by atoms with Gasteiger partial charge in [-0.05, 0) is 63.2 Å². The standard InChI is InChI=1S/C20H23BN4O6S/c1-11-8-12(2)18(16(9-11)31-5)22-20(27)19(13(3)26)24-23-15-10-14(25(4)21)6-7-17(15)32(28,29)30/h6-10,26H,1-5H3,(H,22,27)(H,28,29,30)/b19-13+,24-23?. The molecule has 10 nitrogen and oxygen atoms in total. The highest BCUT2D eigenvalue weighted by Crippen LogP contribution is 2.32. The van der Waals surface area contributed by atoms with E-state index in [0.717, 1.165) is 17.2 Å². The maximum Gasteiger partial charge on any atom is 0.296 e. The fraction of sp³-hybridized carbons (Fsp3) is 0.250. The Hall–Kier alpha value is -3.38. The summed E-state index contributed by atoms with van der Waals surface area (Å²) in [6.07, 6.45) is 0. The van der Waals surface area contributed by atoms with Crippen LogP contribution in [0.3, 0.4) is 0 Å². The van der Waals surface area contributed by atoms with Gasteiger partial charge in [-0.1, -0.05) is 6.07 Å². The van der Waals surface area contributed by atoms with Gasteiger partial charge in [0.1, 0.15) is 22.1 Å². The number of anilines is 2. The molecule has 0 saturated heterocycles. The summed E-state index contributed by atoms with van der Waals surface area (Å²) >= 11 is 0. The number of benzene rings is 2. The van der Waals surface area contributed by atoms with E-state index in [1.807, 2.05) is 13.0 Å². The third kappa shape index (κ3) is 5.86. The lowest BCUT2D eigenvalue weighted by Gasteiger charge is -2.15. The number of aliphatic hydroxyl groups excluding tert-OH is 1. The average Bonchev–Trinajstić information content (AvgIpc) is 2.68. The number of nitrogens with zero attached hydrogens (tertiary/aromatic N) is 3. The minimum atomic E-state index is -4.64. The lowest BCUT2D eigenvalue weighted by Crippen LogP contribution is -2.16. The van der Waals surface area contributed by atoms with Crippen LogP contribution in [0.15, 0.2) is 56.9 Å². The number of ether oxygens (including phenoxy) is 1. The number of azo groups is 1. The minimum Gasteiger partial charge on any atom is -0.510 e. The molecule has 0 atom stereocenters. The molecule has 1 amide bonds. The normalized spacial score (nSPS) is 12.4. The van der Waals surface area contributed by atoms with Crippen LogP contribution in [0.5, 0.6) is 5.75 Å². The van der Waals surface area contributed by atoms with Crippen LogP contribution < -0.4 is 14.9 Å². The Morgan fingerprint density at radius 2 is 1.88 bits per heavy atom. The van der Waals surface area contributed by atoms with Crippen molar-refractivity contribution in [3.05, 3.63) is 52.9 Å². The first-order valence-electron chi connectivity index (χ1n) is 9.23. The van der Waals surface area contributed by atoms with Gasteiger partial charge in [-0.15, -0.1) is 10.2 Å². The smallest absolute Gasteiger partial charge is 0.296 e. The molecule has 0 aliphatic rings. The second-order valence-corrected chi connectivity index (χ2v) is 8.38. The Labute approximate surface area is 187 Å². The number of rotatable bonds is 7. The highest BCUT2D eigenvalue weighted by atomic mass is 32.2. The molecule has 3 N–H and O–H groups in total. The number of aliphatic hydroxyl groups is 1. The molecular weight excluding hydrogens is 435 g/mol. The number of methoxy groups -OCH3 is 1. The molecular formula is C20H23BN4O6S. The molecule has 2 radical (unpaired) electrons. The molecule has 0 aliphatic carbocycles. The van der Waals surface area contributed by atoms with Crippen LogP contribution in [0.2, 0.25) is 0 Å². The molecule has 168 valence electrons. The van der Waals surface area contributed by atoms with E-state index in [1.165, 1.54) is 38.0 Å². The van der Waals surface area contributed by atoms with E-state index in [-0.39, 0.29) is 5.69 Å². The summed E-state index contributed by atoms with van der Waals surface area (Å²) in [5, 5.41) is 20.1. The molecule has 0 aliphatic heterocycles. The number of aryl methyl sites for hydroxylation is 2. The van der Waals surface area contributed by atoms with E-state index in [9.17, 15) is 22.9 Å². The molecule has 32 heavy (non-hydrogen) atoms. The monoisotopic (exact) mass is 458 g/mol. The number of carbonyl (C=O) groups is 1. The lowest BCUT2D eigenvalue weighted by atomic mass is 10.1. The van der Waals surface area contributed by atoms with Crippen molar-refractivity contribution in [1.82, 2.24) is 0 Å². The molecule has 0 bridgehead atoms. The van der Waals surface area contributed by atoms with Gasteiger partial charge in [0.25, 0.3) is 16.0 Å². The van der Waals surface area contributed by atoms with E-state index in [1.54, 1.807) is 13.0 Å². The largest absolute Gasteiger partial charge is 0.510 e. The van der Waals surface area contributed by atoms with Crippen molar-refractivity contribution in [2.45, 2.75) is 25.7 Å². The van der Waals surface area contributed by atoms with E-state index >= 15 is 0 Å². The molecule has 0 aromatic heterocycles. The topological polar surface area (TPSA) is 141 Å². The second-order valence-electron chi connectivity index (χ2n) is 6.99. The minimum absolute atomic E-state index is 0.280.